The molecule has 1 heterocycles. The zero-order valence-corrected chi connectivity index (χ0v) is 10.0. The van der Waals surface area contributed by atoms with E-state index in [1.54, 1.807) is 4.90 Å². The van der Waals surface area contributed by atoms with Crippen molar-refractivity contribution in [2.75, 3.05) is 13.1 Å². The van der Waals surface area contributed by atoms with Crippen LogP contribution < -0.4 is 5.73 Å². The molecule has 17 heavy (non-hydrogen) atoms. The summed E-state index contributed by atoms with van der Waals surface area (Å²) in [7, 11) is 0. The summed E-state index contributed by atoms with van der Waals surface area (Å²) < 4.78 is 0. The van der Waals surface area contributed by atoms with E-state index in [4.69, 9.17) is 10.8 Å². The summed E-state index contributed by atoms with van der Waals surface area (Å²) >= 11 is 0. The van der Waals surface area contributed by atoms with Crippen LogP contribution in [0, 0.1) is 5.92 Å². The standard InChI is InChI=1S/C12H20N2O3/c13-12(4-2-5-12)7-10(15)14-6-1-3-9(8-14)11(16)17/h9H,1-8,13H2,(H,16,17)/t9-/m0/s1. The lowest BCUT2D eigenvalue weighted by Gasteiger charge is -2.40. The molecule has 1 aliphatic carbocycles. The van der Waals surface area contributed by atoms with Crippen molar-refractivity contribution >= 4 is 11.9 Å². The van der Waals surface area contributed by atoms with Crippen molar-refractivity contribution in [1.82, 2.24) is 4.90 Å². The van der Waals surface area contributed by atoms with Gasteiger partial charge in [-0.3, -0.25) is 9.59 Å². The number of carboxylic acids is 1. The minimum Gasteiger partial charge on any atom is -0.481 e. The Morgan fingerprint density at radius 1 is 1.35 bits per heavy atom. The minimum atomic E-state index is -0.798. The summed E-state index contributed by atoms with van der Waals surface area (Å²) in [5.41, 5.74) is 5.73. The lowest BCUT2D eigenvalue weighted by Crippen LogP contribution is -2.52. The summed E-state index contributed by atoms with van der Waals surface area (Å²) in [5, 5.41) is 8.97. The van der Waals surface area contributed by atoms with E-state index in [1.165, 1.54) is 0 Å². The number of piperidine rings is 1. The van der Waals surface area contributed by atoms with Gasteiger partial charge < -0.3 is 15.7 Å². The Morgan fingerprint density at radius 3 is 2.59 bits per heavy atom. The highest BCUT2D eigenvalue weighted by atomic mass is 16.4. The van der Waals surface area contributed by atoms with Crippen LogP contribution >= 0.6 is 0 Å². The van der Waals surface area contributed by atoms with Crippen molar-refractivity contribution < 1.29 is 14.7 Å². The molecule has 2 aliphatic rings. The topological polar surface area (TPSA) is 83.6 Å². The van der Waals surface area contributed by atoms with E-state index in [9.17, 15) is 9.59 Å². The van der Waals surface area contributed by atoms with E-state index in [0.29, 0.717) is 25.9 Å². The van der Waals surface area contributed by atoms with Crippen LogP contribution in [0.15, 0.2) is 0 Å². The van der Waals surface area contributed by atoms with Gasteiger partial charge in [0.1, 0.15) is 0 Å². The number of hydrogen-bond acceptors (Lipinski definition) is 3. The fourth-order valence-electron chi connectivity index (χ4n) is 2.63. The number of carbonyl (C=O) groups excluding carboxylic acids is 1. The van der Waals surface area contributed by atoms with Gasteiger partial charge in [-0.05, 0) is 32.1 Å². The molecule has 1 amide bonds. The third-order valence-corrected chi connectivity index (χ3v) is 3.98. The maximum Gasteiger partial charge on any atom is 0.308 e. The molecule has 0 aromatic rings. The minimum absolute atomic E-state index is 0.0261. The largest absolute Gasteiger partial charge is 0.481 e. The lowest BCUT2D eigenvalue weighted by atomic mass is 9.75. The number of hydrogen-bond donors (Lipinski definition) is 2. The smallest absolute Gasteiger partial charge is 0.308 e. The molecule has 0 bridgehead atoms. The third-order valence-electron chi connectivity index (χ3n) is 3.98. The second-order valence-electron chi connectivity index (χ2n) is 5.41. The molecule has 0 aromatic carbocycles. The van der Waals surface area contributed by atoms with Gasteiger partial charge in [-0.1, -0.05) is 0 Å². The molecule has 1 saturated carbocycles. The van der Waals surface area contributed by atoms with Crippen LogP contribution in [0.2, 0.25) is 0 Å². The van der Waals surface area contributed by atoms with Crippen molar-refractivity contribution in [3.8, 4) is 0 Å². The molecule has 5 heteroatoms. The van der Waals surface area contributed by atoms with Crippen molar-refractivity contribution in [2.24, 2.45) is 11.7 Å². The molecule has 0 spiro atoms. The van der Waals surface area contributed by atoms with Crippen LogP contribution in [0.1, 0.15) is 38.5 Å². The molecule has 1 atom stereocenters. The summed E-state index contributed by atoms with van der Waals surface area (Å²) in [5.74, 6) is -1.17. The summed E-state index contributed by atoms with van der Waals surface area (Å²) in [6, 6.07) is 0. The molecule has 0 aromatic heterocycles. The van der Waals surface area contributed by atoms with E-state index in [1.807, 2.05) is 0 Å². The summed E-state index contributed by atoms with van der Waals surface area (Å²) in [4.78, 5) is 24.6. The first-order valence-electron chi connectivity index (χ1n) is 6.30. The maximum atomic E-state index is 12.0. The van der Waals surface area contributed by atoms with E-state index < -0.39 is 11.9 Å². The normalized spacial score (nSPS) is 27.4. The molecule has 5 nitrogen and oxygen atoms in total. The zero-order chi connectivity index (χ0) is 12.5. The van der Waals surface area contributed by atoms with Crippen LogP contribution in [-0.4, -0.2) is 40.5 Å². The molecule has 1 saturated heterocycles. The fourth-order valence-corrected chi connectivity index (χ4v) is 2.63. The van der Waals surface area contributed by atoms with Crippen LogP contribution in [0.25, 0.3) is 0 Å². The highest BCUT2D eigenvalue weighted by Gasteiger charge is 2.37. The Hall–Kier alpha value is -1.10. The fraction of sp³-hybridized carbons (Fsp3) is 0.833. The Bertz CT molecular complexity index is 326. The van der Waals surface area contributed by atoms with Gasteiger partial charge in [0, 0.05) is 25.0 Å². The van der Waals surface area contributed by atoms with Gasteiger partial charge in [-0.25, -0.2) is 0 Å². The molecule has 2 fully saturated rings. The quantitative estimate of drug-likeness (QED) is 0.756. The Labute approximate surface area is 101 Å². The number of carbonyl (C=O) groups is 2. The van der Waals surface area contributed by atoms with Crippen LogP contribution in [0.5, 0.6) is 0 Å². The van der Waals surface area contributed by atoms with Gasteiger partial charge in [0.25, 0.3) is 0 Å². The molecule has 3 N–H and O–H groups in total. The molecular weight excluding hydrogens is 220 g/mol. The predicted molar refractivity (Wildman–Crippen MR) is 62.3 cm³/mol. The van der Waals surface area contributed by atoms with E-state index in [2.05, 4.69) is 0 Å². The number of rotatable bonds is 3. The number of nitrogens with zero attached hydrogens (tertiary/aromatic N) is 1. The number of carboxylic acid groups (broad SMARTS) is 1. The van der Waals surface area contributed by atoms with Crippen LogP contribution in [0.3, 0.4) is 0 Å². The number of amides is 1. The van der Waals surface area contributed by atoms with Crippen molar-refractivity contribution in [3.63, 3.8) is 0 Å². The van der Waals surface area contributed by atoms with E-state index in [0.717, 1.165) is 25.7 Å². The highest BCUT2D eigenvalue weighted by Crippen LogP contribution is 2.33. The van der Waals surface area contributed by atoms with Gasteiger partial charge in [-0.2, -0.15) is 0 Å². The Kier molecular flexibility index (Phi) is 3.38. The summed E-state index contributed by atoms with van der Waals surface area (Å²) in [6.07, 6.45) is 4.75. The Balaban J connectivity index is 1.88. The van der Waals surface area contributed by atoms with Gasteiger partial charge in [0.15, 0.2) is 0 Å². The zero-order valence-electron chi connectivity index (χ0n) is 10.0. The maximum absolute atomic E-state index is 12.0. The Morgan fingerprint density at radius 2 is 2.06 bits per heavy atom. The number of nitrogens with two attached hydrogens (primary N) is 1. The van der Waals surface area contributed by atoms with Gasteiger partial charge in [0.2, 0.25) is 5.91 Å². The highest BCUT2D eigenvalue weighted by molar-refractivity contribution is 5.79. The van der Waals surface area contributed by atoms with Crippen molar-refractivity contribution in [1.29, 1.82) is 0 Å². The van der Waals surface area contributed by atoms with Crippen molar-refractivity contribution in [2.45, 2.75) is 44.1 Å². The van der Waals surface area contributed by atoms with Crippen LogP contribution in [0.4, 0.5) is 0 Å². The van der Waals surface area contributed by atoms with Gasteiger partial charge in [-0.15, -0.1) is 0 Å². The molecule has 0 radical (unpaired) electrons. The molecular formula is C12H20N2O3. The third kappa shape index (κ3) is 2.77. The monoisotopic (exact) mass is 240 g/mol. The average Bonchev–Trinajstić information content (AvgIpc) is 2.27. The van der Waals surface area contributed by atoms with E-state index >= 15 is 0 Å². The molecule has 0 unspecified atom stereocenters. The second kappa shape index (κ2) is 4.64. The first-order valence-corrected chi connectivity index (χ1v) is 6.30. The molecule has 1 aliphatic heterocycles. The van der Waals surface area contributed by atoms with Gasteiger partial charge >= 0.3 is 5.97 Å². The van der Waals surface area contributed by atoms with E-state index in [-0.39, 0.29) is 11.4 Å². The second-order valence-corrected chi connectivity index (χ2v) is 5.41. The average molecular weight is 240 g/mol. The first-order chi connectivity index (χ1) is 8.00. The number of likely N-dealkylation sites (tertiary alicyclic amines) is 1. The molecule has 96 valence electrons. The van der Waals surface area contributed by atoms with Crippen molar-refractivity contribution in [3.05, 3.63) is 0 Å². The first kappa shape index (κ1) is 12.4. The predicted octanol–water partition coefficient (Wildman–Crippen LogP) is 0.581. The van der Waals surface area contributed by atoms with Crippen LogP contribution in [-0.2, 0) is 9.59 Å². The molecule has 2 rings (SSSR count). The SMILES string of the molecule is NC1(CC(=O)N2CCC[C@H](C(=O)O)C2)CCC1. The number of aliphatic carboxylic acids is 1. The summed E-state index contributed by atoms with van der Waals surface area (Å²) in [6.45, 7) is 1.03. The lowest BCUT2D eigenvalue weighted by molar-refractivity contribution is -0.146. The van der Waals surface area contributed by atoms with Gasteiger partial charge in [0.05, 0.1) is 5.92 Å².